The lowest BCUT2D eigenvalue weighted by molar-refractivity contribution is -0.137. The molecule has 0 saturated heterocycles. The van der Waals surface area contributed by atoms with E-state index >= 15 is 0 Å². The molecule has 0 aliphatic heterocycles. The monoisotopic (exact) mass is 218 g/mol. The van der Waals surface area contributed by atoms with Crippen molar-refractivity contribution >= 4 is 11.4 Å². The van der Waals surface area contributed by atoms with Crippen LogP contribution in [0.3, 0.4) is 0 Å². The molecule has 0 amide bonds. The Bertz CT molecular complexity index is 334. The SMILES string of the molecule is CCCNc1cc(C(F)(F)F)ccc1N. The van der Waals surface area contributed by atoms with Crippen LogP contribution in [-0.4, -0.2) is 6.54 Å². The summed E-state index contributed by atoms with van der Waals surface area (Å²) in [7, 11) is 0. The summed E-state index contributed by atoms with van der Waals surface area (Å²) in [5, 5.41) is 2.85. The van der Waals surface area contributed by atoms with E-state index in [9.17, 15) is 13.2 Å². The molecular weight excluding hydrogens is 205 g/mol. The van der Waals surface area contributed by atoms with Gasteiger partial charge in [-0.05, 0) is 24.6 Å². The Morgan fingerprint density at radius 2 is 2.00 bits per heavy atom. The highest BCUT2D eigenvalue weighted by molar-refractivity contribution is 5.67. The number of anilines is 2. The lowest BCUT2D eigenvalue weighted by Gasteiger charge is -2.12. The molecule has 2 nitrogen and oxygen atoms in total. The number of nitrogen functional groups attached to an aromatic ring is 1. The van der Waals surface area contributed by atoms with Crippen molar-refractivity contribution in [1.29, 1.82) is 0 Å². The molecule has 0 saturated carbocycles. The van der Waals surface area contributed by atoms with E-state index in [0.717, 1.165) is 18.6 Å². The van der Waals surface area contributed by atoms with Crippen molar-refractivity contribution in [2.24, 2.45) is 0 Å². The molecule has 0 aromatic heterocycles. The van der Waals surface area contributed by atoms with Gasteiger partial charge in [0, 0.05) is 6.54 Å². The van der Waals surface area contributed by atoms with Crippen LogP contribution in [0, 0.1) is 0 Å². The van der Waals surface area contributed by atoms with E-state index in [-0.39, 0.29) is 0 Å². The summed E-state index contributed by atoms with van der Waals surface area (Å²) in [6, 6.07) is 3.28. The van der Waals surface area contributed by atoms with Gasteiger partial charge in [0.2, 0.25) is 0 Å². The third-order valence-electron chi connectivity index (χ3n) is 1.95. The van der Waals surface area contributed by atoms with Gasteiger partial charge in [-0.1, -0.05) is 6.92 Å². The zero-order valence-corrected chi connectivity index (χ0v) is 8.36. The number of hydrogen-bond donors (Lipinski definition) is 2. The molecule has 15 heavy (non-hydrogen) atoms. The number of hydrogen-bond acceptors (Lipinski definition) is 2. The van der Waals surface area contributed by atoms with Gasteiger partial charge in [0.25, 0.3) is 0 Å². The highest BCUT2D eigenvalue weighted by Crippen LogP contribution is 2.32. The van der Waals surface area contributed by atoms with Gasteiger partial charge in [-0.15, -0.1) is 0 Å². The molecule has 0 radical (unpaired) electrons. The first kappa shape index (κ1) is 11.7. The fourth-order valence-corrected chi connectivity index (χ4v) is 1.15. The van der Waals surface area contributed by atoms with Gasteiger partial charge in [0.15, 0.2) is 0 Å². The lowest BCUT2D eigenvalue weighted by Crippen LogP contribution is -2.08. The molecular formula is C10H13F3N2. The van der Waals surface area contributed by atoms with Gasteiger partial charge in [-0.3, -0.25) is 0 Å². The minimum absolute atomic E-state index is 0.330. The first-order chi connectivity index (χ1) is 6.95. The fraction of sp³-hybridized carbons (Fsp3) is 0.400. The van der Waals surface area contributed by atoms with E-state index in [1.54, 1.807) is 0 Å². The van der Waals surface area contributed by atoms with Gasteiger partial charge in [0.05, 0.1) is 16.9 Å². The first-order valence-corrected chi connectivity index (χ1v) is 4.65. The number of benzene rings is 1. The number of nitrogens with two attached hydrogens (primary N) is 1. The van der Waals surface area contributed by atoms with Crippen molar-refractivity contribution in [3.63, 3.8) is 0 Å². The summed E-state index contributed by atoms with van der Waals surface area (Å²) in [5.74, 6) is 0. The second-order valence-corrected chi connectivity index (χ2v) is 3.23. The Labute approximate surface area is 86.3 Å². The van der Waals surface area contributed by atoms with Crippen molar-refractivity contribution in [3.05, 3.63) is 23.8 Å². The van der Waals surface area contributed by atoms with Crippen molar-refractivity contribution in [2.75, 3.05) is 17.6 Å². The summed E-state index contributed by atoms with van der Waals surface area (Å²) in [6.07, 6.45) is -3.49. The zero-order valence-electron chi connectivity index (χ0n) is 8.36. The van der Waals surface area contributed by atoms with Crippen molar-refractivity contribution in [1.82, 2.24) is 0 Å². The zero-order chi connectivity index (χ0) is 11.5. The van der Waals surface area contributed by atoms with Crippen LogP contribution < -0.4 is 11.1 Å². The largest absolute Gasteiger partial charge is 0.416 e. The van der Waals surface area contributed by atoms with E-state index < -0.39 is 11.7 Å². The Morgan fingerprint density at radius 1 is 1.33 bits per heavy atom. The van der Waals surface area contributed by atoms with Crippen molar-refractivity contribution in [3.8, 4) is 0 Å². The summed E-state index contributed by atoms with van der Waals surface area (Å²) in [6.45, 7) is 2.53. The maximum Gasteiger partial charge on any atom is 0.416 e. The second-order valence-electron chi connectivity index (χ2n) is 3.23. The standard InChI is InChI=1S/C10H13F3N2/c1-2-5-15-9-6-7(10(11,12)13)3-4-8(9)14/h3-4,6,15H,2,5,14H2,1H3. The van der Waals surface area contributed by atoms with Crippen LogP contribution in [0.2, 0.25) is 0 Å². The molecule has 5 heteroatoms. The Balaban J connectivity index is 2.95. The molecule has 0 fully saturated rings. The normalized spacial score (nSPS) is 11.5. The topological polar surface area (TPSA) is 38.0 Å². The maximum atomic E-state index is 12.4. The van der Waals surface area contributed by atoms with Crippen LogP contribution >= 0.6 is 0 Å². The smallest absolute Gasteiger partial charge is 0.397 e. The average molecular weight is 218 g/mol. The van der Waals surface area contributed by atoms with Crippen LogP contribution in [0.15, 0.2) is 18.2 Å². The quantitative estimate of drug-likeness (QED) is 0.765. The molecule has 84 valence electrons. The van der Waals surface area contributed by atoms with Crippen LogP contribution in [0.1, 0.15) is 18.9 Å². The molecule has 1 rings (SSSR count). The van der Waals surface area contributed by atoms with Crippen LogP contribution in [0.4, 0.5) is 24.5 Å². The van der Waals surface area contributed by atoms with Gasteiger partial charge < -0.3 is 11.1 Å². The molecule has 1 aromatic carbocycles. The van der Waals surface area contributed by atoms with Gasteiger partial charge in [-0.25, -0.2) is 0 Å². The first-order valence-electron chi connectivity index (χ1n) is 4.65. The van der Waals surface area contributed by atoms with E-state index in [0.29, 0.717) is 17.9 Å². The van der Waals surface area contributed by atoms with Gasteiger partial charge >= 0.3 is 6.18 Å². The van der Waals surface area contributed by atoms with Crippen molar-refractivity contribution in [2.45, 2.75) is 19.5 Å². The molecule has 0 spiro atoms. The summed E-state index contributed by atoms with van der Waals surface area (Å²) >= 11 is 0. The average Bonchev–Trinajstić information content (AvgIpc) is 2.15. The summed E-state index contributed by atoms with van der Waals surface area (Å²) in [4.78, 5) is 0. The number of rotatable bonds is 3. The molecule has 3 N–H and O–H groups in total. The van der Waals surface area contributed by atoms with Crippen LogP contribution in [-0.2, 0) is 6.18 Å². The molecule has 0 atom stereocenters. The Morgan fingerprint density at radius 3 is 2.53 bits per heavy atom. The third-order valence-corrected chi connectivity index (χ3v) is 1.95. The molecule has 0 bridgehead atoms. The highest BCUT2D eigenvalue weighted by atomic mass is 19.4. The lowest BCUT2D eigenvalue weighted by atomic mass is 10.1. The van der Waals surface area contributed by atoms with E-state index in [2.05, 4.69) is 5.32 Å². The predicted molar refractivity (Wildman–Crippen MR) is 54.6 cm³/mol. The minimum Gasteiger partial charge on any atom is -0.397 e. The molecule has 0 unspecified atom stereocenters. The second kappa shape index (κ2) is 4.42. The summed E-state index contributed by atoms with van der Waals surface area (Å²) < 4.78 is 37.1. The highest BCUT2D eigenvalue weighted by Gasteiger charge is 2.30. The molecule has 1 aromatic rings. The van der Waals surface area contributed by atoms with E-state index in [1.165, 1.54) is 6.07 Å². The number of nitrogens with one attached hydrogen (secondary N) is 1. The predicted octanol–water partition coefficient (Wildman–Crippen LogP) is 3.11. The van der Waals surface area contributed by atoms with E-state index in [1.807, 2.05) is 6.92 Å². The van der Waals surface area contributed by atoms with Crippen molar-refractivity contribution < 1.29 is 13.2 Å². The Hall–Kier alpha value is -1.39. The number of alkyl halides is 3. The Kier molecular flexibility index (Phi) is 3.44. The fourth-order valence-electron chi connectivity index (χ4n) is 1.15. The third kappa shape index (κ3) is 3.04. The van der Waals surface area contributed by atoms with Gasteiger partial charge in [-0.2, -0.15) is 13.2 Å². The molecule has 0 heterocycles. The van der Waals surface area contributed by atoms with E-state index in [4.69, 9.17) is 5.73 Å². The molecule has 0 aliphatic carbocycles. The maximum absolute atomic E-state index is 12.4. The summed E-state index contributed by atoms with van der Waals surface area (Å²) in [5.41, 5.74) is 5.53. The molecule has 0 aliphatic rings. The minimum atomic E-state index is -4.32. The van der Waals surface area contributed by atoms with Crippen LogP contribution in [0.25, 0.3) is 0 Å². The van der Waals surface area contributed by atoms with Gasteiger partial charge in [0.1, 0.15) is 0 Å². The van der Waals surface area contributed by atoms with Crippen LogP contribution in [0.5, 0.6) is 0 Å². The number of halogens is 3.